The van der Waals surface area contributed by atoms with Crippen LogP contribution < -0.4 is 5.32 Å². The third-order valence-electron chi connectivity index (χ3n) is 2.23. The van der Waals surface area contributed by atoms with E-state index in [1.165, 1.54) is 6.07 Å². The van der Waals surface area contributed by atoms with E-state index < -0.39 is 11.9 Å². The van der Waals surface area contributed by atoms with Crippen LogP contribution in [0.1, 0.15) is 12.5 Å². The van der Waals surface area contributed by atoms with Crippen molar-refractivity contribution in [2.45, 2.75) is 13.8 Å². The fraction of sp³-hybridized carbons (Fsp3) is 0.364. The molecule has 2 N–H and O–H groups in total. The molecule has 1 rings (SSSR count). The number of carboxylic acids is 1. The molecule has 0 saturated heterocycles. The summed E-state index contributed by atoms with van der Waals surface area (Å²) in [7, 11) is 0. The van der Waals surface area contributed by atoms with Gasteiger partial charge in [-0.2, -0.15) is 0 Å². The maximum Gasteiger partial charge on any atom is 0.308 e. The number of nitrogens with one attached hydrogen (secondary N) is 1. The molecule has 0 aliphatic carbocycles. The molecule has 3 nitrogen and oxygen atoms in total. The minimum Gasteiger partial charge on any atom is -0.481 e. The molecule has 0 spiro atoms. The lowest BCUT2D eigenvalue weighted by Crippen LogP contribution is -2.20. The third-order valence-corrected chi connectivity index (χ3v) is 2.23. The van der Waals surface area contributed by atoms with E-state index in [-0.39, 0.29) is 12.4 Å². The SMILES string of the molecule is Cc1cccc(F)c1NCC(C)C(=O)O. The van der Waals surface area contributed by atoms with Crippen molar-refractivity contribution in [1.82, 2.24) is 0 Å². The Bertz CT molecular complexity index is 345. The van der Waals surface area contributed by atoms with Crippen molar-refractivity contribution in [2.75, 3.05) is 11.9 Å². The smallest absolute Gasteiger partial charge is 0.308 e. The molecule has 0 aliphatic rings. The van der Waals surface area contributed by atoms with Gasteiger partial charge in [0.2, 0.25) is 0 Å². The van der Waals surface area contributed by atoms with Gasteiger partial charge in [0.1, 0.15) is 5.82 Å². The fourth-order valence-electron chi connectivity index (χ4n) is 1.20. The summed E-state index contributed by atoms with van der Waals surface area (Å²) in [5.74, 6) is -1.78. The zero-order valence-electron chi connectivity index (χ0n) is 8.75. The van der Waals surface area contributed by atoms with Gasteiger partial charge in [-0.3, -0.25) is 4.79 Å². The topological polar surface area (TPSA) is 49.3 Å². The molecule has 0 fully saturated rings. The summed E-state index contributed by atoms with van der Waals surface area (Å²) >= 11 is 0. The Morgan fingerprint density at radius 2 is 2.27 bits per heavy atom. The van der Waals surface area contributed by atoms with Crippen LogP contribution in [0, 0.1) is 18.7 Å². The Labute approximate surface area is 87.9 Å². The average molecular weight is 211 g/mol. The molecule has 0 saturated carbocycles. The molecule has 0 bridgehead atoms. The number of hydrogen-bond donors (Lipinski definition) is 2. The van der Waals surface area contributed by atoms with E-state index in [1.54, 1.807) is 26.0 Å². The number of carbonyl (C=O) groups is 1. The quantitative estimate of drug-likeness (QED) is 0.803. The molecule has 1 unspecified atom stereocenters. The summed E-state index contributed by atoms with van der Waals surface area (Å²) < 4.78 is 13.3. The standard InChI is InChI=1S/C11H14FNO2/c1-7-4-3-5-9(12)10(7)13-6-8(2)11(14)15/h3-5,8,13H,6H2,1-2H3,(H,14,15). The van der Waals surface area contributed by atoms with E-state index in [1.807, 2.05) is 0 Å². The number of carboxylic acid groups (broad SMARTS) is 1. The highest BCUT2D eigenvalue weighted by atomic mass is 19.1. The number of anilines is 1. The van der Waals surface area contributed by atoms with E-state index in [2.05, 4.69) is 5.32 Å². The van der Waals surface area contributed by atoms with Gasteiger partial charge in [0, 0.05) is 6.54 Å². The first-order valence-electron chi connectivity index (χ1n) is 4.74. The van der Waals surface area contributed by atoms with Gasteiger partial charge in [0.05, 0.1) is 11.6 Å². The Kier molecular flexibility index (Phi) is 3.66. The highest BCUT2D eigenvalue weighted by Gasteiger charge is 2.12. The average Bonchev–Trinajstić information content (AvgIpc) is 2.16. The summed E-state index contributed by atoms with van der Waals surface area (Å²) in [6, 6.07) is 4.74. The number of benzene rings is 1. The molecule has 1 atom stereocenters. The van der Waals surface area contributed by atoms with Crippen molar-refractivity contribution in [3.63, 3.8) is 0 Å². The first kappa shape index (κ1) is 11.5. The Morgan fingerprint density at radius 1 is 1.60 bits per heavy atom. The molecular weight excluding hydrogens is 197 g/mol. The first-order valence-corrected chi connectivity index (χ1v) is 4.74. The second-order valence-electron chi connectivity index (χ2n) is 3.55. The molecule has 0 heterocycles. The fourth-order valence-corrected chi connectivity index (χ4v) is 1.20. The number of para-hydroxylation sites is 1. The van der Waals surface area contributed by atoms with Crippen LogP contribution in [0.2, 0.25) is 0 Å². The van der Waals surface area contributed by atoms with Gasteiger partial charge >= 0.3 is 5.97 Å². The van der Waals surface area contributed by atoms with Crippen LogP contribution in [-0.2, 0) is 4.79 Å². The number of rotatable bonds is 4. The number of hydrogen-bond acceptors (Lipinski definition) is 2. The molecule has 4 heteroatoms. The van der Waals surface area contributed by atoms with Gasteiger partial charge in [-0.1, -0.05) is 19.1 Å². The normalized spacial score (nSPS) is 12.2. The van der Waals surface area contributed by atoms with E-state index in [4.69, 9.17) is 5.11 Å². The van der Waals surface area contributed by atoms with Crippen molar-refractivity contribution >= 4 is 11.7 Å². The lowest BCUT2D eigenvalue weighted by molar-refractivity contribution is -0.140. The highest BCUT2D eigenvalue weighted by molar-refractivity contribution is 5.70. The maximum atomic E-state index is 13.3. The summed E-state index contributed by atoms with van der Waals surface area (Å²) in [6.07, 6.45) is 0. The Morgan fingerprint density at radius 3 is 2.80 bits per heavy atom. The molecule has 0 aromatic heterocycles. The monoisotopic (exact) mass is 211 g/mol. The molecule has 0 radical (unpaired) electrons. The molecular formula is C11H14FNO2. The number of halogens is 1. The summed E-state index contributed by atoms with van der Waals surface area (Å²) in [4.78, 5) is 10.6. The minimum absolute atomic E-state index is 0.219. The molecule has 1 aromatic rings. The van der Waals surface area contributed by atoms with Crippen molar-refractivity contribution < 1.29 is 14.3 Å². The zero-order chi connectivity index (χ0) is 11.4. The predicted octanol–water partition coefficient (Wildman–Crippen LogP) is 2.27. The Hall–Kier alpha value is -1.58. The lowest BCUT2D eigenvalue weighted by atomic mass is 10.1. The van der Waals surface area contributed by atoms with Crippen molar-refractivity contribution in [3.8, 4) is 0 Å². The molecule has 15 heavy (non-hydrogen) atoms. The molecule has 0 aliphatic heterocycles. The number of aliphatic carboxylic acids is 1. The van der Waals surface area contributed by atoms with Crippen LogP contribution in [0.15, 0.2) is 18.2 Å². The largest absolute Gasteiger partial charge is 0.481 e. The lowest BCUT2D eigenvalue weighted by Gasteiger charge is -2.12. The summed E-state index contributed by atoms with van der Waals surface area (Å²) in [5, 5.41) is 11.5. The van der Waals surface area contributed by atoms with Gasteiger partial charge in [0.15, 0.2) is 0 Å². The maximum absolute atomic E-state index is 13.3. The molecule has 0 amide bonds. The van der Waals surface area contributed by atoms with Gasteiger partial charge in [-0.25, -0.2) is 4.39 Å². The zero-order valence-corrected chi connectivity index (χ0v) is 8.75. The van der Waals surface area contributed by atoms with Gasteiger partial charge in [-0.05, 0) is 18.6 Å². The van der Waals surface area contributed by atoms with Crippen LogP contribution >= 0.6 is 0 Å². The van der Waals surface area contributed by atoms with E-state index in [9.17, 15) is 9.18 Å². The summed E-state index contributed by atoms with van der Waals surface area (Å²) in [6.45, 7) is 3.57. The molecule has 82 valence electrons. The van der Waals surface area contributed by atoms with E-state index in [0.29, 0.717) is 5.69 Å². The predicted molar refractivity (Wildman–Crippen MR) is 56.4 cm³/mol. The van der Waals surface area contributed by atoms with Crippen LogP contribution in [0.4, 0.5) is 10.1 Å². The first-order chi connectivity index (χ1) is 7.02. The summed E-state index contributed by atoms with van der Waals surface area (Å²) in [5.41, 5.74) is 1.15. The van der Waals surface area contributed by atoms with E-state index >= 15 is 0 Å². The second kappa shape index (κ2) is 4.77. The minimum atomic E-state index is -0.892. The molecule has 1 aromatic carbocycles. The third kappa shape index (κ3) is 2.94. The van der Waals surface area contributed by atoms with Crippen LogP contribution in [0.25, 0.3) is 0 Å². The number of aryl methyl sites for hydroxylation is 1. The second-order valence-corrected chi connectivity index (χ2v) is 3.55. The van der Waals surface area contributed by atoms with Gasteiger partial charge in [0.25, 0.3) is 0 Å². The Balaban J connectivity index is 2.69. The van der Waals surface area contributed by atoms with Crippen molar-refractivity contribution in [1.29, 1.82) is 0 Å². The van der Waals surface area contributed by atoms with Crippen molar-refractivity contribution in [3.05, 3.63) is 29.6 Å². The van der Waals surface area contributed by atoms with Crippen molar-refractivity contribution in [2.24, 2.45) is 5.92 Å². The van der Waals surface area contributed by atoms with Crippen LogP contribution in [0.5, 0.6) is 0 Å². The van der Waals surface area contributed by atoms with Gasteiger partial charge < -0.3 is 10.4 Å². The van der Waals surface area contributed by atoms with E-state index in [0.717, 1.165) is 5.56 Å². The highest BCUT2D eigenvalue weighted by Crippen LogP contribution is 2.18. The van der Waals surface area contributed by atoms with Crippen LogP contribution in [0.3, 0.4) is 0 Å². The van der Waals surface area contributed by atoms with Crippen LogP contribution in [-0.4, -0.2) is 17.6 Å². The van der Waals surface area contributed by atoms with Gasteiger partial charge in [-0.15, -0.1) is 0 Å².